The fourth-order valence-electron chi connectivity index (χ4n) is 10.7. The monoisotopic (exact) mass is 1320 g/mol. The van der Waals surface area contributed by atoms with Gasteiger partial charge in [-0.1, -0.05) is 311 Å². The smallest absolute Gasteiger partial charge is 0.462 e. The predicted octanol–water partition coefficient (Wildman–Crippen LogP) is 20.4. The lowest BCUT2D eigenvalue weighted by atomic mass is 9.99. The van der Waals surface area contributed by atoms with Crippen LogP contribution in [0, 0.1) is 11.8 Å². The first-order valence-electron chi connectivity index (χ1n) is 37.0. The first kappa shape index (κ1) is 88.1. The van der Waals surface area contributed by atoms with Crippen molar-refractivity contribution in [1.82, 2.24) is 0 Å². The maximum absolute atomic E-state index is 13.0. The van der Waals surface area contributed by atoms with Gasteiger partial charge in [-0.25, -0.2) is 9.13 Å². The lowest BCUT2D eigenvalue weighted by Crippen LogP contribution is -2.30. The van der Waals surface area contributed by atoms with Crippen molar-refractivity contribution in [3.05, 3.63) is 0 Å². The molecule has 0 radical (unpaired) electrons. The summed E-state index contributed by atoms with van der Waals surface area (Å²) < 4.78 is 68.3. The number of unbranched alkanes of at least 4 members (excludes halogenated alkanes) is 39. The van der Waals surface area contributed by atoms with Crippen LogP contribution in [0.25, 0.3) is 0 Å². The number of phosphoric acid groups is 2. The fraction of sp³-hybridized carbons (Fsp3) is 0.944. The summed E-state index contributed by atoms with van der Waals surface area (Å²) in [6, 6.07) is 0. The lowest BCUT2D eigenvalue weighted by Gasteiger charge is -2.21. The van der Waals surface area contributed by atoms with Crippen LogP contribution in [0.15, 0.2) is 0 Å². The Morgan fingerprint density at radius 2 is 0.567 bits per heavy atom. The zero-order valence-corrected chi connectivity index (χ0v) is 60.2. The van der Waals surface area contributed by atoms with Crippen molar-refractivity contribution in [2.75, 3.05) is 39.6 Å². The van der Waals surface area contributed by atoms with Gasteiger partial charge in [0.15, 0.2) is 12.2 Å². The van der Waals surface area contributed by atoms with Crippen molar-refractivity contribution < 1.29 is 80.2 Å². The summed E-state index contributed by atoms with van der Waals surface area (Å²) in [6.07, 6.45) is 48.5. The van der Waals surface area contributed by atoms with Crippen LogP contribution in [0.2, 0.25) is 0 Å². The first-order chi connectivity index (χ1) is 43.4. The summed E-state index contributed by atoms with van der Waals surface area (Å²) in [5.74, 6) is -0.639. The molecule has 0 heterocycles. The van der Waals surface area contributed by atoms with Crippen LogP contribution in [0.1, 0.15) is 363 Å². The molecule has 0 spiro atoms. The molecule has 0 bridgehead atoms. The van der Waals surface area contributed by atoms with E-state index in [2.05, 4.69) is 41.5 Å². The normalized spacial score (nSPS) is 14.4. The van der Waals surface area contributed by atoms with Gasteiger partial charge in [0, 0.05) is 25.7 Å². The highest BCUT2D eigenvalue weighted by atomic mass is 31.2. The van der Waals surface area contributed by atoms with Crippen LogP contribution in [-0.4, -0.2) is 96.7 Å². The van der Waals surface area contributed by atoms with E-state index in [-0.39, 0.29) is 25.7 Å². The Balaban J connectivity index is 5.25. The average Bonchev–Trinajstić information content (AvgIpc) is 3.61. The largest absolute Gasteiger partial charge is 0.472 e. The predicted molar refractivity (Wildman–Crippen MR) is 363 cm³/mol. The molecule has 534 valence electrons. The van der Waals surface area contributed by atoms with Crippen molar-refractivity contribution in [3.63, 3.8) is 0 Å². The Kier molecular flexibility index (Phi) is 61.8. The van der Waals surface area contributed by atoms with Crippen molar-refractivity contribution in [1.29, 1.82) is 0 Å². The van der Waals surface area contributed by atoms with Crippen LogP contribution >= 0.6 is 15.6 Å². The highest BCUT2D eigenvalue weighted by molar-refractivity contribution is 7.47. The Hall–Kier alpha value is -1.94. The Morgan fingerprint density at radius 3 is 0.844 bits per heavy atom. The van der Waals surface area contributed by atoms with Crippen LogP contribution in [0.3, 0.4) is 0 Å². The van der Waals surface area contributed by atoms with Gasteiger partial charge >= 0.3 is 39.5 Å². The van der Waals surface area contributed by atoms with E-state index in [0.29, 0.717) is 31.6 Å². The number of esters is 4. The van der Waals surface area contributed by atoms with Gasteiger partial charge in [-0.05, 0) is 37.5 Å². The molecule has 3 unspecified atom stereocenters. The number of ether oxygens (including phenoxy) is 4. The van der Waals surface area contributed by atoms with Gasteiger partial charge in [0.1, 0.15) is 19.3 Å². The van der Waals surface area contributed by atoms with E-state index in [9.17, 15) is 43.2 Å². The van der Waals surface area contributed by atoms with Crippen LogP contribution < -0.4 is 0 Å². The number of rotatable bonds is 70. The van der Waals surface area contributed by atoms with Crippen LogP contribution in [-0.2, 0) is 65.4 Å². The van der Waals surface area contributed by atoms with Gasteiger partial charge in [-0.3, -0.25) is 37.3 Å². The van der Waals surface area contributed by atoms with Gasteiger partial charge in [0.05, 0.1) is 26.4 Å². The SMILES string of the molecule is CCCCCCCCCCCCCCCCCCC(=O)O[C@H](COC(=O)CCCCCCCCCCC(C)CC)COP(=O)(O)OC[C@@H](O)COP(=O)(O)OC[C@@H](COC(=O)CCCCCCCCCC(C)C)OC(=O)CCCCCCCCCCCCCC. The molecule has 0 aliphatic rings. The first-order valence-corrected chi connectivity index (χ1v) is 40.0. The molecule has 0 aliphatic heterocycles. The molecule has 3 N–H and O–H groups in total. The summed E-state index contributed by atoms with van der Waals surface area (Å²) in [5, 5.41) is 10.6. The number of aliphatic hydroxyl groups is 1. The molecular weight excluding hydrogens is 1190 g/mol. The summed E-state index contributed by atoms with van der Waals surface area (Å²) >= 11 is 0. The molecule has 0 saturated heterocycles. The molecule has 0 fully saturated rings. The number of aliphatic hydroxyl groups excluding tert-OH is 1. The quantitative estimate of drug-likeness (QED) is 0.0222. The highest BCUT2D eigenvalue weighted by Gasteiger charge is 2.30. The molecule has 6 atom stereocenters. The molecule has 0 amide bonds. The molecule has 17 nitrogen and oxygen atoms in total. The molecule has 0 aromatic rings. The third-order valence-electron chi connectivity index (χ3n) is 16.8. The third-order valence-corrected chi connectivity index (χ3v) is 18.7. The molecule has 0 aromatic heterocycles. The zero-order valence-electron chi connectivity index (χ0n) is 58.4. The second-order valence-corrected chi connectivity index (χ2v) is 29.3. The minimum absolute atomic E-state index is 0.106. The van der Waals surface area contributed by atoms with Gasteiger partial charge in [-0.2, -0.15) is 0 Å². The van der Waals surface area contributed by atoms with E-state index in [0.717, 1.165) is 102 Å². The molecule has 0 rings (SSSR count). The fourth-order valence-corrected chi connectivity index (χ4v) is 12.3. The maximum Gasteiger partial charge on any atom is 0.472 e. The minimum Gasteiger partial charge on any atom is -0.462 e. The number of hydrogen-bond donors (Lipinski definition) is 3. The standard InChI is InChI=1S/C71H138O17P2/c1-7-10-12-14-16-18-20-22-23-24-25-27-29-37-44-50-56-71(76)87-66(59-81-68(73)53-47-41-35-31-30-34-40-46-52-64(6)9-3)61-85-89(77,78)83-57-65(72)58-84-90(79,80)86-62-67(60-82-69(74)54-48-42-38-32-33-39-45-51-63(4)5)88-70(75)55-49-43-36-28-26-21-19-17-15-13-11-8-2/h63-67,72H,7-62H2,1-6H3,(H,77,78)(H,79,80)/t64?,65-,66-,67-/m1/s1. The Morgan fingerprint density at radius 1 is 0.322 bits per heavy atom. The molecular formula is C71H138O17P2. The second-order valence-electron chi connectivity index (χ2n) is 26.3. The van der Waals surface area contributed by atoms with Gasteiger partial charge < -0.3 is 33.8 Å². The molecule has 19 heteroatoms. The Labute approximate surface area is 549 Å². The van der Waals surface area contributed by atoms with Gasteiger partial charge in [-0.15, -0.1) is 0 Å². The van der Waals surface area contributed by atoms with E-state index >= 15 is 0 Å². The molecule has 0 saturated carbocycles. The summed E-state index contributed by atoms with van der Waals surface area (Å²) in [6.45, 7) is 9.51. The topological polar surface area (TPSA) is 237 Å². The molecule has 0 aromatic carbocycles. The molecule has 90 heavy (non-hydrogen) atoms. The van der Waals surface area contributed by atoms with Crippen LogP contribution in [0.4, 0.5) is 0 Å². The molecule has 0 aliphatic carbocycles. The average molecular weight is 1330 g/mol. The number of carbonyl (C=O) groups excluding carboxylic acids is 4. The van der Waals surface area contributed by atoms with Gasteiger partial charge in [0.25, 0.3) is 0 Å². The van der Waals surface area contributed by atoms with E-state index in [1.54, 1.807) is 0 Å². The minimum atomic E-state index is -4.95. The number of phosphoric ester groups is 2. The Bertz CT molecular complexity index is 1750. The van der Waals surface area contributed by atoms with Crippen molar-refractivity contribution in [2.45, 2.75) is 381 Å². The van der Waals surface area contributed by atoms with Crippen molar-refractivity contribution >= 4 is 39.5 Å². The van der Waals surface area contributed by atoms with E-state index in [1.807, 2.05) is 0 Å². The van der Waals surface area contributed by atoms with Crippen molar-refractivity contribution in [3.8, 4) is 0 Å². The number of hydrogen-bond acceptors (Lipinski definition) is 15. The number of carbonyl (C=O) groups is 4. The summed E-state index contributed by atoms with van der Waals surface area (Å²) in [4.78, 5) is 72.6. The second kappa shape index (κ2) is 63.1. The van der Waals surface area contributed by atoms with E-state index in [4.69, 9.17) is 37.0 Å². The van der Waals surface area contributed by atoms with E-state index < -0.39 is 97.5 Å². The summed E-state index contributed by atoms with van der Waals surface area (Å²) in [7, 11) is -9.90. The van der Waals surface area contributed by atoms with Crippen LogP contribution in [0.5, 0.6) is 0 Å². The van der Waals surface area contributed by atoms with E-state index in [1.165, 1.54) is 173 Å². The maximum atomic E-state index is 13.0. The van der Waals surface area contributed by atoms with Gasteiger partial charge in [0.2, 0.25) is 0 Å². The van der Waals surface area contributed by atoms with Crippen molar-refractivity contribution in [2.24, 2.45) is 11.8 Å². The third kappa shape index (κ3) is 63.5. The highest BCUT2D eigenvalue weighted by Crippen LogP contribution is 2.45. The lowest BCUT2D eigenvalue weighted by molar-refractivity contribution is -0.161. The summed E-state index contributed by atoms with van der Waals surface area (Å²) in [5.41, 5.74) is 0. The zero-order chi connectivity index (χ0) is 66.5.